The summed E-state index contributed by atoms with van der Waals surface area (Å²) in [7, 11) is 0. The molecule has 5 heteroatoms. The Balaban J connectivity index is 1.73. The molecule has 1 saturated heterocycles. The number of pyridine rings is 2. The van der Waals surface area contributed by atoms with Gasteiger partial charge in [-0.2, -0.15) is 0 Å². The number of nitrogens with zero attached hydrogens (tertiary/aromatic N) is 4. The van der Waals surface area contributed by atoms with E-state index in [2.05, 4.69) is 40.8 Å². The van der Waals surface area contributed by atoms with E-state index < -0.39 is 0 Å². The van der Waals surface area contributed by atoms with E-state index in [4.69, 9.17) is 10.7 Å². The van der Waals surface area contributed by atoms with Crippen molar-refractivity contribution in [1.82, 2.24) is 14.9 Å². The normalized spacial score (nSPS) is 17.3. The lowest BCUT2D eigenvalue weighted by molar-refractivity contribution is 0.225. The zero-order valence-corrected chi connectivity index (χ0v) is 17.5. The lowest BCUT2D eigenvalue weighted by Gasteiger charge is -2.40. The van der Waals surface area contributed by atoms with E-state index in [1.54, 1.807) is 0 Å². The molecule has 5 nitrogen and oxygen atoms in total. The Hall–Kier alpha value is -1.98. The summed E-state index contributed by atoms with van der Waals surface area (Å²) in [6.45, 7) is 9.22. The fourth-order valence-electron chi connectivity index (χ4n) is 4.19. The largest absolute Gasteiger partial charge is 0.366 e. The molecule has 2 aromatic rings. The van der Waals surface area contributed by atoms with Crippen LogP contribution in [-0.2, 0) is 6.54 Å². The predicted octanol–water partition coefficient (Wildman–Crippen LogP) is 3.69. The number of hydrogen-bond donors (Lipinski definition) is 1. The van der Waals surface area contributed by atoms with E-state index in [9.17, 15) is 0 Å². The van der Waals surface area contributed by atoms with E-state index >= 15 is 0 Å². The maximum atomic E-state index is 5.74. The molecule has 1 unspecified atom stereocenters. The van der Waals surface area contributed by atoms with E-state index in [1.807, 2.05) is 24.7 Å². The summed E-state index contributed by atoms with van der Waals surface area (Å²) in [4.78, 5) is 14.2. The number of aryl methyl sites for hydroxylation is 2. The van der Waals surface area contributed by atoms with Gasteiger partial charge in [-0.3, -0.25) is 14.9 Å². The topological polar surface area (TPSA) is 58.3 Å². The monoisotopic (exact) mass is 381 g/mol. The molecule has 1 atom stereocenters. The molecular formula is C23H35N5. The number of unbranched alkanes of at least 4 members (excludes halogenated alkanes) is 1. The highest BCUT2D eigenvalue weighted by atomic mass is 15.2. The van der Waals surface area contributed by atoms with Gasteiger partial charge in [-0.25, -0.2) is 0 Å². The minimum Gasteiger partial charge on any atom is -0.366 e. The molecule has 0 aromatic carbocycles. The molecule has 1 aliphatic rings. The summed E-state index contributed by atoms with van der Waals surface area (Å²) >= 11 is 0. The van der Waals surface area contributed by atoms with Crippen molar-refractivity contribution in [2.24, 2.45) is 5.73 Å². The lowest BCUT2D eigenvalue weighted by Crippen LogP contribution is -2.47. The summed E-state index contributed by atoms with van der Waals surface area (Å²) < 4.78 is 0. The molecule has 0 amide bonds. The van der Waals surface area contributed by atoms with Crippen molar-refractivity contribution >= 4 is 5.69 Å². The molecule has 3 rings (SSSR count). The molecule has 152 valence electrons. The first kappa shape index (κ1) is 20.7. The van der Waals surface area contributed by atoms with E-state index in [0.29, 0.717) is 6.04 Å². The van der Waals surface area contributed by atoms with Gasteiger partial charge in [-0.05, 0) is 82.3 Å². The van der Waals surface area contributed by atoms with Crippen molar-refractivity contribution in [2.45, 2.75) is 58.5 Å². The van der Waals surface area contributed by atoms with E-state index in [1.165, 1.54) is 41.8 Å². The van der Waals surface area contributed by atoms with Crippen molar-refractivity contribution < 1.29 is 0 Å². The van der Waals surface area contributed by atoms with Crippen LogP contribution in [0, 0.1) is 13.8 Å². The first-order valence-electron chi connectivity index (χ1n) is 10.7. The van der Waals surface area contributed by atoms with Crippen molar-refractivity contribution in [2.75, 3.05) is 31.1 Å². The van der Waals surface area contributed by atoms with Crippen LogP contribution >= 0.6 is 0 Å². The van der Waals surface area contributed by atoms with Crippen molar-refractivity contribution in [3.63, 3.8) is 0 Å². The molecule has 28 heavy (non-hydrogen) atoms. The third-order valence-corrected chi connectivity index (χ3v) is 5.70. The summed E-state index contributed by atoms with van der Waals surface area (Å²) in [5.41, 5.74) is 10.7. The van der Waals surface area contributed by atoms with Crippen LogP contribution in [0.15, 0.2) is 36.8 Å². The average molecular weight is 382 g/mol. The van der Waals surface area contributed by atoms with Crippen LogP contribution in [0.2, 0.25) is 0 Å². The van der Waals surface area contributed by atoms with Gasteiger partial charge in [0, 0.05) is 38.1 Å². The number of anilines is 1. The second kappa shape index (κ2) is 10.5. The Bertz CT molecular complexity index is 718. The zero-order chi connectivity index (χ0) is 19.8. The fraction of sp³-hybridized carbons (Fsp3) is 0.565. The predicted molar refractivity (Wildman–Crippen MR) is 116 cm³/mol. The van der Waals surface area contributed by atoms with Crippen LogP contribution in [-0.4, -0.2) is 47.1 Å². The highest BCUT2D eigenvalue weighted by molar-refractivity contribution is 5.45. The number of hydrogen-bond acceptors (Lipinski definition) is 5. The van der Waals surface area contributed by atoms with Gasteiger partial charge in [0.05, 0.1) is 17.6 Å². The second-order valence-electron chi connectivity index (χ2n) is 8.06. The molecule has 1 aliphatic heterocycles. The second-order valence-corrected chi connectivity index (χ2v) is 8.06. The molecule has 0 spiro atoms. The van der Waals surface area contributed by atoms with Gasteiger partial charge in [0.2, 0.25) is 0 Å². The molecule has 0 saturated carbocycles. The highest BCUT2D eigenvalue weighted by Gasteiger charge is 2.25. The maximum Gasteiger partial charge on any atom is 0.0573 e. The quantitative estimate of drug-likeness (QED) is 0.671. The summed E-state index contributed by atoms with van der Waals surface area (Å²) in [5.74, 6) is 0. The standard InChI is InChI=1S/C23H35N5/c1-19-14-20(2)23(26-15-19)18-27(12-6-4-10-24)17-22-8-3-5-13-28(22)21-9-7-11-25-16-21/h7,9,11,14-16,22H,3-6,8,10,12-13,17-18,24H2,1-2H3. The Morgan fingerprint density at radius 1 is 1.21 bits per heavy atom. The van der Waals surface area contributed by atoms with Gasteiger partial charge < -0.3 is 10.6 Å². The molecule has 2 aromatic heterocycles. The molecule has 1 fully saturated rings. The van der Waals surface area contributed by atoms with Gasteiger partial charge in [0.15, 0.2) is 0 Å². The Kier molecular flexibility index (Phi) is 7.80. The van der Waals surface area contributed by atoms with E-state index in [0.717, 1.165) is 45.6 Å². The van der Waals surface area contributed by atoms with Crippen LogP contribution in [0.4, 0.5) is 5.69 Å². The third-order valence-electron chi connectivity index (χ3n) is 5.70. The number of nitrogens with two attached hydrogens (primary N) is 1. The molecule has 0 bridgehead atoms. The minimum atomic E-state index is 0.529. The van der Waals surface area contributed by atoms with Gasteiger partial charge >= 0.3 is 0 Å². The fourth-order valence-corrected chi connectivity index (χ4v) is 4.19. The third kappa shape index (κ3) is 5.76. The van der Waals surface area contributed by atoms with Crippen LogP contribution in [0.3, 0.4) is 0 Å². The van der Waals surface area contributed by atoms with Crippen molar-refractivity contribution in [1.29, 1.82) is 0 Å². The summed E-state index contributed by atoms with van der Waals surface area (Å²) in [6, 6.07) is 7.00. The van der Waals surface area contributed by atoms with Crippen LogP contribution in [0.5, 0.6) is 0 Å². The SMILES string of the molecule is Cc1cnc(CN(CCCCN)CC2CCCCN2c2cccnc2)c(C)c1. The van der Waals surface area contributed by atoms with Crippen molar-refractivity contribution in [3.8, 4) is 0 Å². The molecule has 3 heterocycles. The van der Waals surface area contributed by atoms with Crippen LogP contribution in [0.1, 0.15) is 48.9 Å². The molecule has 0 radical (unpaired) electrons. The Morgan fingerprint density at radius 3 is 2.86 bits per heavy atom. The van der Waals surface area contributed by atoms with Crippen LogP contribution in [0.25, 0.3) is 0 Å². The first-order valence-corrected chi connectivity index (χ1v) is 10.7. The first-order chi connectivity index (χ1) is 13.7. The number of piperidine rings is 1. The highest BCUT2D eigenvalue weighted by Crippen LogP contribution is 2.25. The van der Waals surface area contributed by atoms with Gasteiger partial charge in [-0.15, -0.1) is 0 Å². The smallest absolute Gasteiger partial charge is 0.0573 e. The van der Waals surface area contributed by atoms with E-state index in [-0.39, 0.29) is 0 Å². The zero-order valence-electron chi connectivity index (χ0n) is 17.5. The van der Waals surface area contributed by atoms with Gasteiger partial charge in [0.1, 0.15) is 0 Å². The summed E-state index contributed by atoms with van der Waals surface area (Å²) in [5, 5.41) is 0. The van der Waals surface area contributed by atoms with Crippen LogP contribution < -0.4 is 10.6 Å². The average Bonchev–Trinajstić information content (AvgIpc) is 2.71. The number of rotatable bonds is 9. The summed E-state index contributed by atoms with van der Waals surface area (Å²) in [6.07, 6.45) is 11.9. The lowest BCUT2D eigenvalue weighted by atomic mass is 10.0. The van der Waals surface area contributed by atoms with Gasteiger partial charge in [0.25, 0.3) is 0 Å². The van der Waals surface area contributed by atoms with Gasteiger partial charge in [-0.1, -0.05) is 6.07 Å². The Morgan fingerprint density at radius 2 is 2.11 bits per heavy atom. The Labute approximate surface area is 170 Å². The van der Waals surface area contributed by atoms with Crippen molar-refractivity contribution in [3.05, 3.63) is 53.6 Å². The minimum absolute atomic E-state index is 0.529. The molecule has 0 aliphatic carbocycles. The molecular weight excluding hydrogens is 346 g/mol. The number of aromatic nitrogens is 2. The maximum absolute atomic E-state index is 5.74. The molecule has 2 N–H and O–H groups in total.